The zero-order valence-corrected chi connectivity index (χ0v) is 9.65. The number of nitrogens with zero attached hydrogens (tertiary/aromatic N) is 1. The predicted molar refractivity (Wildman–Crippen MR) is 62.4 cm³/mol. The van der Waals surface area contributed by atoms with Crippen LogP contribution < -0.4 is 0 Å². The average Bonchev–Trinajstić information content (AvgIpc) is 2.57. The Kier molecular flexibility index (Phi) is 3.46. The van der Waals surface area contributed by atoms with Gasteiger partial charge in [-0.2, -0.15) is 0 Å². The van der Waals surface area contributed by atoms with Crippen molar-refractivity contribution in [1.82, 2.24) is 4.90 Å². The number of rotatable bonds is 3. The number of benzene rings is 1. The molecule has 1 unspecified atom stereocenters. The third-order valence-electron chi connectivity index (χ3n) is 2.78. The van der Waals surface area contributed by atoms with E-state index in [1.807, 2.05) is 24.3 Å². The molecule has 0 bridgehead atoms. The lowest BCUT2D eigenvalue weighted by Gasteiger charge is -2.15. The van der Waals surface area contributed by atoms with Crippen molar-refractivity contribution in [2.75, 3.05) is 13.1 Å². The largest absolute Gasteiger partial charge is 0.391 e. The number of aliphatic hydroxyl groups excluding tert-OH is 1. The van der Waals surface area contributed by atoms with Gasteiger partial charge in [0.05, 0.1) is 12.5 Å². The van der Waals surface area contributed by atoms with Crippen molar-refractivity contribution in [2.24, 2.45) is 0 Å². The smallest absolute Gasteiger partial charge is 0.225 e. The summed E-state index contributed by atoms with van der Waals surface area (Å²) < 4.78 is 0. The molecule has 1 amide bonds. The fraction of sp³-hybridized carbons (Fsp3) is 0.417. The third kappa shape index (κ3) is 2.74. The zero-order chi connectivity index (χ0) is 11.5. The first kappa shape index (κ1) is 11.4. The molecule has 1 atom stereocenters. The minimum Gasteiger partial charge on any atom is -0.391 e. The Morgan fingerprint density at radius 3 is 2.62 bits per heavy atom. The van der Waals surface area contributed by atoms with E-state index in [0.29, 0.717) is 13.1 Å². The van der Waals surface area contributed by atoms with E-state index < -0.39 is 6.10 Å². The molecule has 2 rings (SSSR count). The number of carbonyl (C=O) groups is 1. The van der Waals surface area contributed by atoms with Crippen LogP contribution in [0.25, 0.3) is 0 Å². The summed E-state index contributed by atoms with van der Waals surface area (Å²) in [4.78, 5) is 13.1. The van der Waals surface area contributed by atoms with Gasteiger partial charge in [-0.3, -0.25) is 4.79 Å². The molecule has 1 aliphatic heterocycles. The van der Waals surface area contributed by atoms with E-state index in [2.05, 4.69) is 0 Å². The number of halogens is 1. The van der Waals surface area contributed by atoms with E-state index in [9.17, 15) is 9.90 Å². The summed E-state index contributed by atoms with van der Waals surface area (Å²) in [5, 5.41) is 10.0. The Morgan fingerprint density at radius 2 is 2.06 bits per heavy atom. The van der Waals surface area contributed by atoms with Gasteiger partial charge in [0.15, 0.2) is 0 Å². The summed E-state index contributed by atoms with van der Waals surface area (Å²) in [6, 6.07) is 7.60. The van der Waals surface area contributed by atoms with E-state index in [1.54, 1.807) is 4.90 Å². The second kappa shape index (κ2) is 4.85. The Morgan fingerprint density at radius 1 is 1.38 bits per heavy atom. The number of likely N-dealkylation sites (tertiary alicyclic amines) is 1. The Balaban J connectivity index is 1.88. The topological polar surface area (TPSA) is 40.5 Å². The molecule has 3 nitrogen and oxygen atoms in total. The quantitative estimate of drug-likeness (QED) is 0.868. The van der Waals surface area contributed by atoms with Crippen molar-refractivity contribution in [3.63, 3.8) is 0 Å². The molecule has 1 aromatic carbocycles. The van der Waals surface area contributed by atoms with E-state index in [1.165, 1.54) is 0 Å². The first-order chi connectivity index (χ1) is 7.65. The Labute approximate surface area is 99.6 Å². The monoisotopic (exact) mass is 239 g/mol. The van der Waals surface area contributed by atoms with Crippen LogP contribution >= 0.6 is 11.6 Å². The van der Waals surface area contributed by atoms with Crippen LogP contribution in [0.15, 0.2) is 24.3 Å². The maximum absolute atomic E-state index is 11.4. The summed E-state index contributed by atoms with van der Waals surface area (Å²) >= 11 is 5.78. The minimum atomic E-state index is -0.488. The number of hydrogen-bond donors (Lipinski definition) is 1. The van der Waals surface area contributed by atoms with Crippen LogP contribution in [0.3, 0.4) is 0 Å². The summed E-state index contributed by atoms with van der Waals surface area (Å²) in [5.41, 5.74) is 1.15. The van der Waals surface area contributed by atoms with E-state index in [-0.39, 0.29) is 12.3 Å². The highest BCUT2D eigenvalue weighted by molar-refractivity contribution is 6.30. The second-order valence-corrected chi connectivity index (χ2v) is 4.51. The van der Waals surface area contributed by atoms with E-state index in [0.717, 1.165) is 17.0 Å². The molecule has 16 heavy (non-hydrogen) atoms. The van der Waals surface area contributed by atoms with Crippen molar-refractivity contribution in [3.8, 4) is 0 Å². The van der Waals surface area contributed by atoms with Gasteiger partial charge in [0.2, 0.25) is 5.91 Å². The molecular formula is C12H14ClNO2. The molecule has 1 saturated heterocycles. The number of β-amino-alcohol motifs (C(OH)–C–C–N with tert-alkyl or cyclic N) is 1. The van der Waals surface area contributed by atoms with Gasteiger partial charge in [0.1, 0.15) is 0 Å². The summed E-state index contributed by atoms with van der Waals surface area (Å²) in [7, 11) is 0. The van der Waals surface area contributed by atoms with Gasteiger partial charge < -0.3 is 10.0 Å². The molecule has 0 saturated carbocycles. The lowest BCUT2D eigenvalue weighted by molar-refractivity contribution is -0.127. The number of amides is 1. The summed E-state index contributed by atoms with van der Waals surface area (Å²) in [5.74, 6) is 0.0430. The average molecular weight is 240 g/mol. The fourth-order valence-corrected chi connectivity index (χ4v) is 2.01. The van der Waals surface area contributed by atoms with Gasteiger partial charge in [-0.15, -0.1) is 0 Å². The van der Waals surface area contributed by atoms with Crippen LogP contribution in [0.1, 0.15) is 12.0 Å². The molecule has 86 valence electrons. The first-order valence-electron chi connectivity index (χ1n) is 5.35. The first-order valence-corrected chi connectivity index (χ1v) is 5.73. The molecule has 0 radical (unpaired) electrons. The number of hydrogen-bond acceptors (Lipinski definition) is 2. The number of aliphatic hydroxyl groups is 1. The van der Waals surface area contributed by atoms with Crippen molar-refractivity contribution in [1.29, 1.82) is 0 Å². The summed E-state index contributed by atoms with van der Waals surface area (Å²) in [6.07, 6.45) is 0.577. The Hall–Kier alpha value is -1.06. The van der Waals surface area contributed by atoms with Gasteiger partial charge in [-0.1, -0.05) is 23.7 Å². The molecule has 1 N–H and O–H groups in total. The molecule has 1 aliphatic rings. The van der Waals surface area contributed by atoms with Crippen LogP contribution in [0, 0.1) is 0 Å². The molecule has 1 fully saturated rings. The SMILES string of the molecule is O=C1CC(O)CN1CCc1ccc(Cl)cc1. The normalized spacial score (nSPS) is 20.5. The molecule has 1 heterocycles. The maximum atomic E-state index is 11.4. The zero-order valence-electron chi connectivity index (χ0n) is 8.90. The molecule has 4 heteroatoms. The van der Waals surface area contributed by atoms with Crippen LogP contribution in [-0.2, 0) is 11.2 Å². The van der Waals surface area contributed by atoms with Crippen LogP contribution in [0.4, 0.5) is 0 Å². The highest BCUT2D eigenvalue weighted by Crippen LogP contribution is 2.13. The van der Waals surface area contributed by atoms with E-state index >= 15 is 0 Å². The molecule has 0 aliphatic carbocycles. The fourth-order valence-electron chi connectivity index (χ4n) is 1.88. The van der Waals surface area contributed by atoms with Crippen LogP contribution in [-0.4, -0.2) is 35.1 Å². The predicted octanol–water partition coefficient (Wildman–Crippen LogP) is 1.48. The van der Waals surface area contributed by atoms with Crippen LogP contribution in [0.2, 0.25) is 5.02 Å². The van der Waals surface area contributed by atoms with Crippen LogP contribution in [0.5, 0.6) is 0 Å². The van der Waals surface area contributed by atoms with Crippen molar-refractivity contribution in [3.05, 3.63) is 34.9 Å². The van der Waals surface area contributed by atoms with Crippen molar-refractivity contribution in [2.45, 2.75) is 18.9 Å². The van der Waals surface area contributed by atoms with Gasteiger partial charge >= 0.3 is 0 Å². The molecule has 0 aromatic heterocycles. The molecule has 0 spiro atoms. The highest BCUT2D eigenvalue weighted by Gasteiger charge is 2.27. The highest BCUT2D eigenvalue weighted by atomic mass is 35.5. The van der Waals surface area contributed by atoms with Crippen molar-refractivity contribution < 1.29 is 9.90 Å². The van der Waals surface area contributed by atoms with Gasteiger partial charge in [-0.25, -0.2) is 0 Å². The van der Waals surface area contributed by atoms with Gasteiger partial charge in [-0.05, 0) is 24.1 Å². The Bertz CT molecular complexity index is 377. The van der Waals surface area contributed by atoms with Crippen molar-refractivity contribution >= 4 is 17.5 Å². The third-order valence-corrected chi connectivity index (χ3v) is 3.03. The van der Waals surface area contributed by atoms with Gasteiger partial charge in [0, 0.05) is 18.1 Å². The molecule has 1 aromatic rings. The standard InChI is InChI=1S/C12H14ClNO2/c13-10-3-1-9(2-4-10)5-6-14-8-11(15)7-12(14)16/h1-4,11,15H,5-8H2. The molecular weight excluding hydrogens is 226 g/mol. The second-order valence-electron chi connectivity index (χ2n) is 4.07. The maximum Gasteiger partial charge on any atom is 0.225 e. The minimum absolute atomic E-state index is 0.0430. The van der Waals surface area contributed by atoms with E-state index in [4.69, 9.17) is 11.6 Å². The summed E-state index contributed by atoms with van der Waals surface area (Å²) in [6.45, 7) is 1.13. The van der Waals surface area contributed by atoms with Gasteiger partial charge in [0.25, 0.3) is 0 Å². The lowest BCUT2D eigenvalue weighted by atomic mass is 10.1. The lowest BCUT2D eigenvalue weighted by Crippen LogP contribution is -2.28. The number of carbonyl (C=O) groups excluding carboxylic acids is 1.